The number of pyridine rings is 1. The molecule has 4 rings (SSSR count). The highest BCUT2D eigenvalue weighted by Gasteiger charge is 2.28. The summed E-state index contributed by atoms with van der Waals surface area (Å²) in [6, 6.07) is 7.40. The van der Waals surface area contributed by atoms with Gasteiger partial charge in [0.2, 0.25) is 0 Å². The molecule has 1 atom stereocenters. The highest BCUT2D eigenvalue weighted by Crippen LogP contribution is 2.28. The van der Waals surface area contributed by atoms with Crippen LogP contribution in [-0.2, 0) is 4.74 Å². The number of carbonyl (C=O) groups excluding carboxylic acids is 1. The topological polar surface area (TPSA) is 94.2 Å². The van der Waals surface area contributed by atoms with Gasteiger partial charge in [0.05, 0.1) is 35.8 Å². The molecule has 144 valence electrons. The summed E-state index contributed by atoms with van der Waals surface area (Å²) in [6.45, 7) is 6.90. The predicted molar refractivity (Wildman–Crippen MR) is 101 cm³/mol. The summed E-state index contributed by atoms with van der Waals surface area (Å²) >= 11 is 0. The van der Waals surface area contributed by atoms with Gasteiger partial charge in [0, 0.05) is 12.7 Å². The Bertz CT molecular complexity index is 997. The molecule has 1 aliphatic rings. The highest BCUT2D eigenvalue weighted by atomic mass is 16.5. The molecule has 8 nitrogen and oxygen atoms in total. The van der Waals surface area contributed by atoms with Crippen molar-refractivity contribution in [3.8, 4) is 11.3 Å². The van der Waals surface area contributed by atoms with Crippen LogP contribution >= 0.6 is 0 Å². The van der Waals surface area contributed by atoms with Gasteiger partial charge >= 0.3 is 0 Å². The standard InChI is InChI=1S/C20H21N5O3/c1-12-19(13(2)28-24-12)16-6-4-5-15(23-16)18-11-25(9-10-27-18)20(26)17-7-8-21-14(3)22-17/h4-8,18H,9-11H2,1-3H3. The fourth-order valence-corrected chi connectivity index (χ4v) is 3.37. The molecule has 1 aliphatic heterocycles. The smallest absolute Gasteiger partial charge is 0.272 e. The average molecular weight is 379 g/mol. The van der Waals surface area contributed by atoms with Crippen molar-refractivity contribution < 1.29 is 14.1 Å². The quantitative estimate of drug-likeness (QED) is 0.690. The maximum atomic E-state index is 12.8. The Morgan fingerprint density at radius 1 is 1.18 bits per heavy atom. The summed E-state index contributed by atoms with van der Waals surface area (Å²) in [5, 5.41) is 4.00. The first-order valence-corrected chi connectivity index (χ1v) is 9.13. The summed E-state index contributed by atoms with van der Waals surface area (Å²) in [7, 11) is 0. The molecular formula is C20H21N5O3. The fourth-order valence-electron chi connectivity index (χ4n) is 3.37. The van der Waals surface area contributed by atoms with Crippen LogP contribution in [0.3, 0.4) is 0 Å². The molecule has 4 heterocycles. The van der Waals surface area contributed by atoms with E-state index in [1.54, 1.807) is 24.1 Å². The van der Waals surface area contributed by atoms with Gasteiger partial charge in [-0.15, -0.1) is 0 Å². The maximum absolute atomic E-state index is 12.8. The molecule has 3 aromatic rings. The lowest BCUT2D eigenvalue weighted by molar-refractivity contribution is -0.0248. The monoisotopic (exact) mass is 379 g/mol. The van der Waals surface area contributed by atoms with Crippen molar-refractivity contribution in [3.63, 3.8) is 0 Å². The number of morpholine rings is 1. The van der Waals surface area contributed by atoms with Gasteiger partial charge < -0.3 is 14.2 Å². The van der Waals surface area contributed by atoms with E-state index in [1.165, 1.54) is 0 Å². The van der Waals surface area contributed by atoms with E-state index in [0.717, 1.165) is 28.4 Å². The summed E-state index contributed by atoms with van der Waals surface area (Å²) in [5.74, 6) is 1.17. The second-order valence-corrected chi connectivity index (χ2v) is 6.75. The third kappa shape index (κ3) is 3.50. The van der Waals surface area contributed by atoms with Gasteiger partial charge in [0.15, 0.2) is 0 Å². The summed E-state index contributed by atoms with van der Waals surface area (Å²) < 4.78 is 11.2. The van der Waals surface area contributed by atoms with Crippen molar-refractivity contribution in [2.45, 2.75) is 26.9 Å². The summed E-state index contributed by atoms with van der Waals surface area (Å²) in [4.78, 5) is 27.6. The zero-order valence-electron chi connectivity index (χ0n) is 16.0. The van der Waals surface area contributed by atoms with Gasteiger partial charge in [-0.1, -0.05) is 11.2 Å². The Morgan fingerprint density at radius 3 is 2.79 bits per heavy atom. The van der Waals surface area contributed by atoms with Crippen LogP contribution in [0.15, 0.2) is 35.0 Å². The molecule has 0 aliphatic carbocycles. The predicted octanol–water partition coefficient (Wildman–Crippen LogP) is 2.67. The Labute approximate surface area is 162 Å². The Morgan fingerprint density at radius 2 is 2.04 bits per heavy atom. The van der Waals surface area contributed by atoms with Gasteiger partial charge in [0.1, 0.15) is 23.4 Å². The number of ether oxygens (including phenoxy) is 1. The van der Waals surface area contributed by atoms with Crippen molar-refractivity contribution in [3.05, 3.63) is 59.1 Å². The first-order valence-electron chi connectivity index (χ1n) is 9.13. The molecule has 0 radical (unpaired) electrons. The van der Waals surface area contributed by atoms with Crippen LogP contribution in [0.4, 0.5) is 0 Å². The number of hydrogen-bond acceptors (Lipinski definition) is 7. The van der Waals surface area contributed by atoms with E-state index in [2.05, 4.69) is 15.1 Å². The van der Waals surface area contributed by atoms with Gasteiger partial charge in [0.25, 0.3) is 5.91 Å². The Kier molecular flexibility index (Phi) is 4.87. The summed E-state index contributed by atoms with van der Waals surface area (Å²) in [5.41, 5.74) is 3.64. The van der Waals surface area contributed by atoms with Crippen molar-refractivity contribution in [2.24, 2.45) is 0 Å². The molecule has 1 fully saturated rings. The molecule has 1 saturated heterocycles. The van der Waals surface area contributed by atoms with Crippen molar-refractivity contribution >= 4 is 5.91 Å². The molecule has 0 spiro atoms. The number of aryl methyl sites for hydroxylation is 3. The first-order chi connectivity index (χ1) is 13.5. The van der Waals surface area contributed by atoms with Gasteiger partial charge in [-0.25, -0.2) is 15.0 Å². The van der Waals surface area contributed by atoms with E-state index in [9.17, 15) is 4.79 Å². The second kappa shape index (κ2) is 7.47. The number of rotatable bonds is 3. The minimum atomic E-state index is -0.305. The van der Waals surface area contributed by atoms with Crippen molar-refractivity contribution in [1.29, 1.82) is 0 Å². The number of carbonyl (C=O) groups is 1. The molecule has 3 aromatic heterocycles. The van der Waals surface area contributed by atoms with Crippen LogP contribution in [0, 0.1) is 20.8 Å². The van der Waals surface area contributed by atoms with E-state index < -0.39 is 0 Å². The second-order valence-electron chi connectivity index (χ2n) is 6.75. The van der Waals surface area contributed by atoms with E-state index in [-0.39, 0.29) is 12.0 Å². The minimum Gasteiger partial charge on any atom is -0.368 e. The molecule has 8 heteroatoms. The minimum absolute atomic E-state index is 0.124. The summed E-state index contributed by atoms with van der Waals surface area (Å²) in [6.07, 6.45) is 1.29. The van der Waals surface area contributed by atoms with Gasteiger partial charge in [-0.2, -0.15) is 0 Å². The third-order valence-corrected chi connectivity index (χ3v) is 4.74. The lowest BCUT2D eigenvalue weighted by Crippen LogP contribution is -2.42. The van der Waals surface area contributed by atoms with Crippen LogP contribution in [0.2, 0.25) is 0 Å². The van der Waals surface area contributed by atoms with Crippen LogP contribution in [0.1, 0.15) is 39.6 Å². The van der Waals surface area contributed by atoms with E-state index in [1.807, 2.05) is 32.0 Å². The zero-order chi connectivity index (χ0) is 19.7. The van der Waals surface area contributed by atoms with Crippen molar-refractivity contribution in [2.75, 3.05) is 19.7 Å². The third-order valence-electron chi connectivity index (χ3n) is 4.74. The lowest BCUT2D eigenvalue weighted by Gasteiger charge is -2.32. The first kappa shape index (κ1) is 18.2. The molecule has 0 aromatic carbocycles. The number of amides is 1. The van der Waals surface area contributed by atoms with E-state index >= 15 is 0 Å². The molecule has 0 N–H and O–H groups in total. The SMILES string of the molecule is Cc1nccc(C(=O)N2CCOC(c3cccc(-c4c(C)noc4C)n3)C2)n1. The molecular weight excluding hydrogens is 358 g/mol. The highest BCUT2D eigenvalue weighted by molar-refractivity contribution is 5.92. The molecule has 1 unspecified atom stereocenters. The van der Waals surface area contributed by atoms with Crippen LogP contribution in [-0.4, -0.2) is 50.6 Å². The zero-order valence-corrected chi connectivity index (χ0v) is 16.0. The molecule has 0 saturated carbocycles. The van der Waals surface area contributed by atoms with E-state index in [4.69, 9.17) is 14.2 Å². The largest absolute Gasteiger partial charge is 0.368 e. The van der Waals surface area contributed by atoms with Crippen LogP contribution < -0.4 is 0 Å². The normalized spacial score (nSPS) is 17.0. The average Bonchev–Trinajstić information content (AvgIpc) is 3.06. The van der Waals surface area contributed by atoms with Crippen LogP contribution in [0.5, 0.6) is 0 Å². The van der Waals surface area contributed by atoms with Crippen LogP contribution in [0.25, 0.3) is 11.3 Å². The number of nitrogens with zero attached hydrogens (tertiary/aromatic N) is 5. The van der Waals surface area contributed by atoms with Gasteiger partial charge in [-0.05, 0) is 39.0 Å². The lowest BCUT2D eigenvalue weighted by atomic mass is 10.1. The molecule has 1 amide bonds. The number of hydrogen-bond donors (Lipinski definition) is 0. The Hall–Kier alpha value is -3.13. The fraction of sp³-hybridized carbons (Fsp3) is 0.350. The van der Waals surface area contributed by atoms with E-state index in [0.29, 0.717) is 31.2 Å². The Balaban J connectivity index is 1.57. The molecule has 0 bridgehead atoms. The van der Waals surface area contributed by atoms with Gasteiger partial charge in [-0.3, -0.25) is 4.79 Å². The number of aromatic nitrogens is 4. The molecule has 28 heavy (non-hydrogen) atoms. The van der Waals surface area contributed by atoms with Crippen molar-refractivity contribution in [1.82, 2.24) is 25.0 Å². The maximum Gasteiger partial charge on any atom is 0.272 e.